The second-order valence-electron chi connectivity index (χ2n) is 4.34. The summed E-state index contributed by atoms with van der Waals surface area (Å²) >= 11 is 11.6. The van der Waals surface area contributed by atoms with Gasteiger partial charge in [0.25, 0.3) is 0 Å². The molecule has 2 aromatic rings. The van der Waals surface area contributed by atoms with Crippen LogP contribution in [-0.4, -0.2) is 27.8 Å². The molecule has 0 spiro atoms. The molecule has 3 N–H and O–H groups in total. The van der Waals surface area contributed by atoms with Gasteiger partial charge in [-0.05, 0) is 48.6 Å². The van der Waals surface area contributed by atoms with Crippen LogP contribution in [0.4, 0.5) is 0 Å². The Morgan fingerprint density at radius 1 is 0.957 bits per heavy atom. The number of nitrogens with one attached hydrogen (secondary N) is 1. The van der Waals surface area contributed by atoms with Gasteiger partial charge in [-0.2, -0.15) is 5.10 Å². The highest BCUT2D eigenvalue weighted by Crippen LogP contribution is 2.20. The topological polar surface area (TPSA) is 77.2 Å². The van der Waals surface area contributed by atoms with Crippen molar-refractivity contribution in [1.82, 2.24) is 5.43 Å². The van der Waals surface area contributed by atoms with Gasteiger partial charge < -0.3 is 10.2 Å². The predicted octanol–water partition coefficient (Wildman–Crippen LogP) is 3.95. The van der Waals surface area contributed by atoms with Crippen LogP contribution in [-0.2, 0) is 0 Å². The molecule has 0 bridgehead atoms. The number of thiocarbonyl (C=S) groups is 1. The summed E-state index contributed by atoms with van der Waals surface area (Å²) in [6.07, 6.45) is 2.86. The first kappa shape index (κ1) is 17.6. The third-order valence-corrected chi connectivity index (χ3v) is 3.85. The van der Waals surface area contributed by atoms with Gasteiger partial charge in [0.1, 0.15) is 11.5 Å². The molecular formula is C15H11Br2N3O2S. The number of phenolic OH excluding ortho intramolecular Hbond substituents is 2. The van der Waals surface area contributed by atoms with Crippen molar-refractivity contribution in [2.75, 3.05) is 0 Å². The molecule has 8 heteroatoms. The van der Waals surface area contributed by atoms with Crippen LogP contribution in [0.2, 0.25) is 0 Å². The van der Waals surface area contributed by atoms with E-state index < -0.39 is 0 Å². The van der Waals surface area contributed by atoms with E-state index in [0.29, 0.717) is 11.1 Å². The summed E-state index contributed by atoms with van der Waals surface area (Å²) in [6, 6.07) is 9.97. The molecule has 118 valence electrons. The molecule has 0 unspecified atom stereocenters. The Kier molecular flexibility index (Phi) is 6.26. The van der Waals surface area contributed by atoms with Gasteiger partial charge in [0.15, 0.2) is 0 Å². The first-order valence-electron chi connectivity index (χ1n) is 6.30. The zero-order valence-corrected chi connectivity index (χ0v) is 15.6. The van der Waals surface area contributed by atoms with Crippen LogP contribution >= 0.6 is 44.1 Å². The number of benzene rings is 2. The van der Waals surface area contributed by atoms with Crippen LogP contribution in [0.1, 0.15) is 11.1 Å². The quantitative estimate of drug-likeness (QED) is 0.371. The molecule has 0 saturated carbocycles. The lowest BCUT2D eigenvalue weighted by molar-refractivity contribution is 0.474. The van der Waals surface area contributed by atoms with Crippen molar-refractivity contribution < 1.29 is 10.2 Å². The summed E-state index contributed by atoms with van der Waals surface area (Å²) < 4.78 is 1.64. The monoisotopic (exact) mass is 455 g/mol. The third kappa shape index (κ3) is 5.42. The van der Waals surface area contributed by atoms with Gasteiger partial charge in [-0.3, -0.25) is 5.43 Å². The lowest BCUT2D eigenvalue weighted by Gasteiger charge is -2.01. The Morgan fingerprint density at radius 2 is 1.48 bits per heavy atom. The molecule has 0 radical (unpaired) electrons. The largest absolute Gasteiger partial charge is 0.507 e. The van der Waals surface area contributed by atoms with E-state index in [-0.39, 0.29) is 16.6 Å². The standard InChI is InChI=1S/C15H11Br2N3O2S/c16-11-1-3-13(21)9(5-11)7-18-15(23)20-19-8-10-6-12(17)2-4-14(10)22/h1-8,21-22H,(H,20,23)/b18-7+,19-8-. The number of hydrogen-bond acceptors (Lipinski definition) is 4. The average Bonchev–Trinajstić information content (AvgIpc) is 2.51. The maximum Gasteiger partial charge on any atom is 0.213 e. The number of halogens is 2. The molecule has 0 aliphatic heterocycles. The van der Waals surface area contributed by atoms with E-state index in [4.69, 9.17) is 12.2 Å². The lowest BCUT2D eigenvalue weighted by atomic mass is 10.2. The van der Waals surface area contributed by atoms with Crippen LogP contribution in [0.3, 0.4) is 0 Å². The summed E-state index contributed by atoms with van der Waals surface area (Å²) in [6.45, 7) is 0. The Labute approximate surface area is 155 Å². The Balaban J connectivity index is 1.99. The van der Waals surface area contributed by atoms with Crippen LogP contribution in [0.5, 0.6) is 11.5 Å². The number of aromatic hydroxyl groups is 2. The van der Waals surface area contributed by atoms with Crippen LogP contribution < -0.4 is 5.43 Å². The molecule has 0 atom stereocenters. The zero-order valence-electron chi connectivity index (χ0n) is 11.6. The van der Waals surface area contributed by atoms with Crippen molar-refractivity contribution in [3.05, 3.63) is 56.5 Å². The van der Waals surface area contributed by atoms with E-state index in [0.717, 1.165) is 8.95 Å². The number of hydrazone groups is 1. The van der Waals surface area contributed by atoms with E-state index in [2.05, 4.69) is 47.4 Å². The number of rotatable bonds is 3. The Bertz CT molecular complexity index is 794. The first-order chi connectivity index (χ1) is 11.0. The number of hydrogen-bond donors (Lipinski definition) is 3. The highest BCUT2D eigenvalue weighted by molar-refractivity contribution is 9.10. The molecule has 2 aromatic carbocycles. The predicted molar refractivity (Wildman–Crippen MR) is 103 cm³/mol. The fourth-order valence-electron chi connectivity index (χ4n) is 1.57. The van der Waals surface area contributed by atoms with Crippen molar-refractivity contribution in [1.29, 1.82) is 0 Å². The normalized spacial score (nSPS) is 11.2. The third-order valence-electron chi connectivity index (χ3n) is 2.66. The van der Waals surface area contributed by atoms with Gasteiger partial charge in [-0.15, -0.1) is 0 Å². The van der Waals surface area contributed by atoms with Crippen LogP contribution in [0, 0.1) is 0 Å². The molecule has 5 nitrogen and oxygen atoms in total. The van der Waals surface area contributed by atoms with E-state index in [1.54, 1.807) is 36.4 Å². The molecule has 0 fully saturated rings. The van der Waals surface area contributed by atoms with Crippen molar-refractivity contribution >= 4 is 61.6 Å². The molecule has 0 aromatic heterocycles. The maximum absolute atomic E-state index is 9.69. The highest BCUT2D eigenvalue weighted by atomic mass is 79.9. The van der Waals surface area contributed by atoms with Gasteiger partial charge in [-0.1, -0.05) is 31.9 Å². The molecule has 0 aliphatic carbocycles. The van der Waals surface area contributed by atoms with Gasteiger partial charge >= 0.3 is 0 Å². The molecule has 2 rings (SSSR count). The minimum Gasteiger partial charge on any atom is -0.507 e. The zero-order chi connectivity index (χ0) is 16.8. The van der Waals surface area contributed by atoms with Crippen molar-refractivity contribution in [3.63, 3.8) is 0 Å². The number of nitrogens with zero attached hydrogens (tertiary/aromatic N) is 2. The van der Waals surface area contributed by atoms with Gasteiger partial charge in [0, 0.05) is 26.3 Å². The molecule has 0 amide bonds. The van der Waals surface area contributed by atoms with Gasteiger partial charge in [0.05, 0.1) is 6.21 Å². The van der Waals surface area contributed by atoms with Crippen LogP contribution in [0.15, 0.2) is 55.4 Å². The molecule has 0 saturated heterocycles. The smallest absolute Gasteiger partial charge is 0.213 e. The van der Waals surface area contributed by atoms with E-state index in [1.807, 2.05) is 0 Å². The minimum absolute atomic E-state index is 0.0994. The van der Waals surface area contributed by atoms with Crippen molar-refractivity contribution in [3.8, 4) is 11.5 Å². The SMILES string of the molecule is Oc1ccc(Br)cc1/C=N\NC(=S)/N=C/c1cc(Br)ccc1O. The second-order valence-corrected chi connectivity index (χ2v) is 6.56. The van der Waals surface area contributed by atoms with Gasteiger partial charge in [0.2, 0.25) is 5.11 Å². The fourth-order valence-corrected chi connectivity index (χ4v) is 2.43. The van der Waals surface area contributed by atoms with Crippen LogP contribution in [0.25, 0.3) is 0 Å². The summed E-state index contributed by atoms with van der Waals surface area (Å²) in [5.41, 5.74) is 3.62. The maximum atomic E-state index is 9.69. The molecule has 0 heterocycles. The van der Waals surface area contributed by atoms with Crippen molar-refractivity contribution in [2.24, 2.45) is 10.1 Å². The summed E-state index contributed by atoms with van der Waals surface area (Å²) in [4.78, 5) is 4.00. The lowest BCUT2D eigenvalue weighted by Crippen LogP contribution is -2.12. The number of phenols is 2. The Morgan fingerprint density at radius 3 is 2.04 bits per heavy atom. The molecular weight excluding hydrogens is 446 g/mol. The minimum atomic E-state index is 0.0994. The highest BCUT2D eigenvalue weighted by Gasteiger charge is 2.00. The summed E-state index contributed by atoms with van der Waals surface area (Å²) in [5, 5.41) is 23.4. The average molecular weight is 457 g/mol. The number of aliphatic imine (C=N–C) groups is 1. The molecule has 23 heavy (non-hydrogen) atoms. The fraction of sp³-hybridized carbons (Fsp3) is 0. The van der Waals surface area contributed by atoms with E-state index in [1.165, 1.54) is 12.4 Å². The first-order valence-corrected chi connectivity index (χ1v) is 8.29. The molecule has 0 aliphatic rings. The van der Waals surface area contributed by atoms with Crippen molar-refractivity contribution in [2.45, 2.75) is 0 Å². The van der Waals surface area contributed by atoms with Gasteiger partial charge in [-0.25, -0.2) is 4.99 Å². The summed E-state index contributed by atoms with van der Waals surface area (Å²) in [5.74, 6) is 0.203. The second kappa shape index (κ2) is 8.19. The summed E-state index contributed by atoms with van der Waals surface area (Å²) in [7, 11) is 0. The Hall–Kier alpha value is -1.77. The van der Waals surface area contributed by atoms with E-state index >= 15 is 0 Å². The van der Waals surface area contributed by atoms with E-state index in [9.17, 15) is 10.2 Å².